The molecule has 7 heteroatoms. The lowest BCUT2D eigenvalue weighted by atomic mass is 9.93. The van der Waals surface area contributed by atoms with Gasteiger partial charge < -0.3 is 20.3 Å². The SMILES string of the molecule is C#Cc1ccccc1C(C(=O)Nc1ccccc1C)N(C(=O)CNC(=O)OC(C)(C)C)C(C)(C)C. The molecule has 0 radical (unpaired) electrons. The van der Waals surface area contributed by atoms with Gasteiger partial charge in [-0.15, -0.1) is 6.42 Å². The van der Waals surface area contributed by atoms with Gasteiger partial charge in [0, 0.05) is 16.8 Å². The zero-order valence-electron chi connectivity index (χ0n) is 21.6. The molecule has 0 aromatic heterocycles. The van der Waals surface area contributed by atoms with E-state index in [1.807, 2.05) is 45.9 Å². The number of nitrogens with one attached hydrogen (secondary N) is 2. The number of hydrogen-bond acceptors (Lipinski definition) is 4. The van der Waals surface area contributed by atoms with Gasteiger partial charge in [-0.3, -0.25) is 9.59 Å². The minimum Gasteiger partial charge on any atom is -0.444 e. The number of ether oxygens (including phenoxy) is 1. The molecule has 0 saturated heterocycles. The number of nitrogens with zero attached hydrogens (tertiary/aromatic N) is 1. The normalized spacial score (nSPS) is 12.2. The first kappa shape index (κ1) is 27.5. The second-order valence-corrected chi connectivity index (χ2v) is 10.2. The van der Waals surface area contributed by atoms with Gasteiger partial charge in [-0.25, -0.2) is 4.79 Å². The topological polar surface area (TPSA) is 87.7 Å². The Kier molecular flexibility index (Phi) is 8.70. The summed E-state index contributed by atoms with van der Waals surface area (Å²) in [5, 5.41) is 5.45. The van der Waals surface area contributed by atoms with Crippen molar-refractivity contribution in [2.45, 2.75) is 65.6 Å². The Bertz CT molecular complexity index is 1120. The summed E-state index contributed by atoms with van der Waals surface area (Å²) in [6.07, 6.45) is 5.03. The van der Waals surface area contributed by atoms with Crippen molar-refractivity contribution in [3.05, 3.63) is 65.2 Å². The van der Waals surface area contributed by atoms with Crippen molar-refractivity contribution in [2.24, 2.45) is 0 Å². The Morgan fingerprint density at radius 1 is 1.00 bits per heavy atom. The Morgan fingerprint density at radius 2 is 1.60 bits per heavy atom. The van der Waals surface area contributed by atoms with Crippen LogP contribution in [0.4, 0.5) is 10.5 Å². The fraction of sp³-hybridized carbons (Fsp3) is 0.393. The van der Waals surface area contributed by atoms with E-state index in [2.05, 4.69) is 16.6 Å². The van der Waals surface area contributed by atoms with E-state index in [0.717, 1.165) is 5.56 Å². The van der Waals surface area contributed by atoms with Crippen LogP contribution in [0.5, 0.6) is 0 Å². The van der Waals surface area contributed by atoms with Gasteiger partial charge >= 0.3 is 6.09 Å². The summed E-state index contributed by atoms with van der Waals surface area (Å²) < 4.78 is 5.25. The van der Waals surface area contributed by atoms with Gasteiger partial charge in [0.15, 0.2) is 0 Å². The van der Waals surface area contributed by atoms with Crippen LogP contribution in [-0.2, 0) is 14.3 Å². The van der Waals surface area contributed by atoms with Crippen LogP contribution in [-0.4, -0.2) is 40.5 Å². The van der Waals surface area contributed by atoms with E-state index in [1.54, 1.807) is 51.1 Å². The minimum atomic E-state index is -1.05. The van der Waals surface area contributed by atoms with Crippen LogP contribution >= 0.6 is 0 Å². The number of terminal acetylenes is 1. The molecule has 2 rings (SSSR count). The molecule has 0 aliphatic rings. The summed E-state index contributed by atoms with van der Waals surface area (Å²) in [5.74, 6) is 1.75. The van der Waals surface area contributed by atoms with Crippen molar-refractivity contribution < 1.29 is 19.1 Å². The van der Waals surface area contributed by atoms with E-state index >= 15 is 0 Å². The highest BCUT2D eigenvalue weighted by molar-refractivity contribution is 5.99. The number of carbonyl (C=O) groups is 3. The average molecular weight is 478 g/mol. The molecule has 7 nitrogen and oxygen atoms in total. The van der Waals surface area contributed by atoms with Gasteiger partial charge in [0.25, 0.3) is 5.91 Å². The van der Waals surface area contributed by atoms with Crippen molar-refractivity contribution in [1.29, 1.82) is 0 Å². The zero-order chi connectivity index (χ0) is 26.4. The fourth-order valence-electron chi connectivity index (χ4n) is 3.63. The van der Waals surface area contributed by atoms with Crippen LogP contribution in [0.1, 0.15) is 64.3 Å². The number of anilines is 1. The van der Waals surface area contributed by atoms with Crippen LogP contribution in [0.2, 0.25) is 0 Å². The van der Waals surface area contributed by atoms with Gasteiger partial charge in [-0.1, -0.05) is 42.3 Å². The van der Waals surface area contributed by atoms with Gasteiger partial charge in [0.2, 0.25) is 5.91 Å². The monoisotopic (exact) mass is 477 g/mol. The minimum absolute atomic E-state index is 0.349. The maximum absolute atomic E-state index is 13.8. The molecule has 0 heterocycles. The number of rotatable bonds is 6. The molecule has 2 aromatic rings. The lowest BCUT2D eigenvalue weighted by Gasteiger charge is -2.41. The van der Waals surface area contributed by atoms with E-state index in [4.69, 9.17) is 11.2 Å². The largest absolute Gasteiger partial charge is 0.444 e. The molecule has 186 valence electrons. The summed E-state index contributed by atoms with van der Waals surface area (Å²) in [5.41, 5.74) is 1.03. The molecule has 0 bridgehead atoms. The number of carbonyl (C=O) groups excluding carboxylic acids is 3. The molecule has 2 N–H and O–H groups in total. The van der Waals surface area contributed by atoms with Crippen molar-refractivity contribution >= 4 is 23.6 Å². The smallest absolute Gasteiger partial charge is 0.408 e. The van der Waals surface area contributed by atoms with Crippen LogP contribution in [0.15, 0.2) is 48.5 Å². The Balaban J connectivity index is 2.49. The van der Waals surface area contributed by atoms with Crippen molar-refractivity contribution in [1.82, 2.24) is 10.2 Å². The second kappa shape index (κ2) is 11.1. The predicted molar refractivity (Wildman–Crippen MR) is 138 cm³/mol. The Hall–Kier alpha value is -3.79. The van der Waals surface area contributed by atoms with Crippen LogP contribution in [0.25, 0.3) is 0 Å². The molecule has 0 aliphatic heterocycles. The third kappa shape index (κ3) is 7.61. The third-order valence-electron chi connectivity index (χ3n) is 5.09. The maximum Gasteiger partial charge on any atom is 0.408 e. The molecule has 3 amide bonds. The van der Waals surface area contributed by atoms with E-state index in [-0.39, 0.29) is 6.54 Å². The van der Waals surface area contributed by atoms with Gasteiger partial charge in [0.1, 0.15) is 18.2 Å². The van der Waals surface area contributed by atoms with E-state index < -0.39 is 35.1 Å². The van der Waals surface area contributed by atoms with Crippen molar-refractivity contribution in [3.63, 3.8) is 0 Å². The van der Waals surface area contributed by atoms with Gasteiger partial charge in [-0.2, -0.15) is 0 Å². The zero-order valence-corrected chi connectivity index (χ0v) is 21.6. The lowest BCUT2D eigenvalue weighted by Crippen LogP contribution is -2.54. The van der Waals surface area contributed by atoms with Gasteiger partial charge in [0.05, 0.1) is 0 Å². The lowest BCUT2D eigenvalue weighted by molar-refractivity contribution is -0.144. The van der Waals surface area contributed by atoms with Crippen molar-refractivity contribution in [3.8, 4) is 12.3 Å². The average Bonchev–Trinajstić information content (AvgIpc) is 2.75. The standard InChI is InChI=1S/C28H35N3O4/c1-9-20-15-11-12-16-21(20)24(25(33)30-22-17-13-10-14-19(22)2)31(27(3,4)5)23(32)18-29-26(34)35-28(6,7)8/h1,10-17,24H,18H2,2-8H3,(H,29,34)(H,30,33). The fourth-order valence-corrected chi connectivity index (χ4v) is 3.63. The Labute approximate surface area is 208 Å². The quantitative estimate of drug-likeness (QED) is 0.585. The summed E-state index contributed by atoms with van der Waals surface area (Å²) in [6.45, 7) is 12.2. The molecule has 35 heavy (non-hydrogen) atoms. The summed E-state index contributed by atoms with van der Waals surface area (Å²) >= 11 is 0. The highest BCUT2D eigenvalue weighted by Crippen LogP contribution is 2.32. The molecule has 0 saturated carbocycles. The summed E-state index contributed by atoms with van der Waals surface area (Å²) in [6, 6.07) is 13.4. The number of aryl methyl sites for hydroxylation is 1. The molecule has 0 aliphatic carbocycles. The number of hydrogen-bond donors (Lipinski definition) is 2. The van der Waals surface area contributed by atoms with Crippen LogP contribution < -0.4 is 10.6 Å². The van der Waals surface area contributed by atoms with Crippen LogP contribution in [0, 0.1) is 19.3 Å². The molecule has 1 unspecified atom stereocenters. The molecule has 0 spiro atoms. The second-order valence-electron chi connectivity index (χ2n) is 10.2. The first-order chi connectivity index (χ1) is 16.2. The third-order valence-corrected chi connectivity index (χ3v) is 5.09. The van der Waals surface area contributed by atoms with Gasteiger partial charge in [-0.05, 0) is 71.7 Å². The Morgan fingerprint density at radius 3 is 2.17 bits per heavy atom. The first-order valence-corrected chi connectivity index (χ1v) is 11.5. The first-order valence-electron chi connectivity index (χ1n) is 11.5. The van der Waals surface area contributed by atoms with E-state index in [0.29, 0.717) is 16.8 Å². The number of benzene rings is 2. The molecule has 2 aromatic carbocycles. The molecule has 1 atom stereocenters. The van der Waals surface area contributed by atoms with Crippen molar-refractivity contribution in [2.75, 3.05) is 11.9 Å². The number of amides is 3. The van der Waals surface area contributed by atoms with E-state index in [1.165, 1.54) is 4.90 Å². The van der Waals surface area contributed by atoms with E-state index in [9.17, 15) is 14.4 Å². The molecular weight excluding hydrogens is 442 g/mol. The number of alkyl carbamates (subject to hydrolysis) is 1. The highest BCUT2D eigenvalue weighted by Gasteiger charge is 2.39. The molecular formula is C28H35N3O4. The van der Waals surface area contributed by atoms with Crippen LogP contribution in [0.3, 0.4) is 0 Å². The maximum atomic E-state index is 13.8. The molecule has 0 fully saturated rings. The highest BCUT2D eigenvalue weighted by atomic mass is 16.6. The summed E-state index contributed by atoms with van der Waals surface area (Å²) in [7, 11) is 0. The predicted octanol–water partition coefficient (Wildman–Crippen LogP) is 4.81. The number of para-hydroxylation sites is 1. The summed E-state index contributed by atoms with van der Waals surface area (Å²) in [4.78, 5) is 40.9.